The molecule has 0 saturated heterocycles. The van der Waals surface area contributed by atoms with Gasteiger partial charge in [-0.2, -0.15) is 0 Å². The van der Waals surface area contributed by atoms with Gasteiger partial charge in [-0.05, 0) is 38.0 Å². The Labute approximate surface area is 116 Å². The number of anilines is 1. The summed E-state index contributed by atoms with van der Waals surface area (Å²) in [7, 11) is 0. The van der Waals surface area contributed by atoms with Crippen LogP contribution in [0.1, 0.15) is 45.7 Å². The molecule has 1 aliphatic carbocycles. The molecule has 3 unspecified atom stereocenters. The predicted molar refractivity (Wildman–Crippen MR) is 77.0 cm³/mol. The first-order valence-electron chi connectivity index (χ1n) is 7.35. The van der Waals surface area contributed by atoms with Crippen LogP contribution in [0.25, 0.3) is 0 Å². The fraction of sp³-hybridized carbons (Fsp3) is 0.733. The lowest BCUT2D eigenvalue weighted by atomic mass is 9.80. The third kappa shape index (κ3) is 4.16. The van der Waals surface area contributed by atoms with Crippen LogP contribution in [0.15, 0.2) is 12.4 Å². The Hall–Kier alpha value is -1.16. The van der Waals surface area contributed by atoms with Gasteiger partial charge in [0, 0.05) is 6.54 Å². The molecule has 0 aliphatic heterocycles. The van der Waals surface area contributed by atoms with E-state index in [0.717, 1.165) is 29.9 Å². The molecule has 1 N–H and O–H groups in total. The Morgan fingerprint density at radius 1 is 1.21 bits per heavy atom. The van der Waals surface area contributed by atoms with Crippen LogP contribution >= 0.6 is 0 Å². The average molecular weight is 263 g/mol. The molecule has 0 bridgehead atoms. The normalized spacial score (nSPS) is 27.2. The van der Waals surface area contributed by atoms with Gasteiger partial charge in [-0.1, -0.05) is 13.8 Å². The standard InChI is InChI=1S/C15H25N3O/c1-4-16-15-9-17-13(8-18-15)10-19-14-6-5-11(2)12(3)7-14/h8-9,11-12,14H,4-7,10H2,1-3H3,(H,16,18). The van der Waals surface area contributed by atoms with Gasteiger partial charge in [0.25, 0.3) is 0 Å². The van der Waals surface area contributed by atoms with Crippen molar-refractivity contribution in [2.24, 2.45) is 11.8 Å². The van der Waals surface area contributed by atoms with Gasteiger partial charge < -0.3 is 10.1 Å². The molecular weight excluding hydrogens is 238 g/mol. The molecule has 4 nitrogen and oxygen atoms in total. The smallest absolute Gasteiger partial charge is 0.144 e. The van der Waals surface area contributed by atoms with E-state index in [1.54, 1.807) is 12.4 Å². The summed E-state index contributed by atoms with van der Waals surface area (Å²) in [5.74, 6) is 2.42. The van der Waals surface area contributed by atoms with Crippen molar-refractivity contribution < 1.29 is 4.74 Å². The van der Waals surface area contributed by atoms with Crippen molar-refractivity contribution in [3.05, 3.63) is 18.1 Å². The Balaban J connectivity index is 1.79. The number of hydrogen-bond donors (Lipinski definition) is 1. The van der Waals surface area contributed by atoms with Crippen LogP contribution in [-0.4, -0.2) is 22.6 Å². The summed E-state index contributed by atoms with van der Waals surface area (Å²) < 4.78 is 5.96. The molecule has 3 atom stereocenters. The number of hydrogen-bond acceptors (Lipinski definition) is 4. The molecule has 0 aromatic carbocycles. The number of nitrogens with one attached hydrogen (secondary N) is 1. The van der Waals surface area contributed by atoms with Gasteiger partial charge in [-0.3, -0.25) is 4.98 Å². The van der Waals surface area contributed by atoms with Crippen molar-refractivity contribution in [2.75, 3.05) is 11.9 Å². The maximum Gasteiger partial charge on any atom is 0.144 e. The molecule has 19 heavy (non-hydrogen) atoms. The maximum atomic E-state index is 5.96. The zero-order chi connectivity index (χ0) is 13.7. The quantitative estimate of drug-likeness (QED) is 0.886. The molecule has 2 rings (SSSR count). The van der Waals surface area contributed by atoms with Crippen LogP contribution in [0.3, 0.4) is 0 Å². The number of rotatable bonds is 5. The van der Waals surface area contributed by atoms with Gasteiger partial charge in [-0.15, -0.1) is 0 Å². The van der Waals surface area contributed by atoms with E-state index in [4.69, 9.17) is 4.74 Å². The van der Waals surface area contributed by atoms with E-state index in [0.29, 0.717) is 12.7 Å². The van der Waals surface area contributed by atoms with E-state index < -0.39 is 0 Å². The van der Waals surface area contributed by atoms with Crippen molar-refractivity contribution in [2.45, 2.75) is 52.7 Å². The number of nitrogens with zero attached hydrogens (tertiary/aromatic N) is 2. The number of aromatic nitrogens is 2. The van der Waals surface area contributed by atoms with Gasteiger partial charge in [0.15, 0.2) is 0 Å². The lowest BCUT2D eigenvalue weighted by Crippen LogP contribution is -2.26. The van der Waals surface area contributed by atoms with Crippen molar-refractivity contribution in [1.29, 1.82) is 0 Å². The highest BCUT2D eigenvalue weighted by atomic mass is 16.5. The predicted octanol–water partition coefficient (Wildman–Crippen LogP) is 3.25. The minimum absolute atomic E-state index is 0.390. The average Bonchev–Trinajstić information content (AvgIpc) is 2.42. The molecule has 1 aromatic rings. The van der Waals surface area contributed by atoms with Crippen LogP contribution in [0.4, 0.5) is 5.82 Å². The third-order valence-corrected chi connectivity index (χ3v) is 4.08. The van der Waals surface area contributed by atoms with Crippen molar-refractivity contribution >= 4 is 5.82 Å². The molecule has 0 radical (unpaired) electrons. The molecule has 1 aliphatic rings. The molecule has 106 valence electrons. The van der Waals surface area contributed by atoms with E-state index in [1.807, 2.05) is 6.92 Å². The van der Waals surface area contributed by atoms with Crippen LogP contribution in [0.5, 0.6) is 0 Å². The lowest BCUT2D eigenvalue weighted by molar-refractivity contribution is -0.00885. The molecule has 1 aromatic heterocycles. The zero-order valence-electron chi connectivity index (χ0n) is 12.2. The Morgan fingerprint density at radius 2 is 2.05 bits per heavy atom. The van der Waals surface area contributed by atoms with Gasteiger partial charge in [0.1, 0.15) is 5.82 Å². The largest absolute Gasteiger partial charge is 0.372 e. The second-order valence-electron chi connectivity index (χ2n) is 5.62. The molecule has 0 amide bonds. The molecule has 1 fully saturated rings. The number of ether oxygens (including phenoxy) is 1. The first-order valence-corrected chi connectivity index (χ1v) is 7.35. The van der Waals surface area contributed by atoms with E-state index in [9.17, 15) is 0 Å². The molecule has 4 heteroatoms. The van der Waals surface area contributed by atoms with Gasteiger partial charge in [0.2, 0.25) is 0 Å². The minimum Gasteiger partial charge on any atom is -0.372 e. The molecule has 1 heterocycles. The van der Waals surface area contributed by atoms with E-state index in [1.165, 1.54) is 19.3 Å². The molecular formula is C15H25N3O. The SMILES string of the molecule is CCNc1cnc(COC2CCC(C)C(C)C2)cn1. The summed E-state index contributed by atoms with van der Waals surface area (Å²) in [4.78, 5) is 8.67. The fourth-order valence-corrected chi connectivity index (χ4v) is 2.55. The van der Waals surface area contributed by atoms with Crippen LogP contribution in [-0.2, 0) is 11.3 Å². The maximum absolute atomic E-state index is 5.96. The second-order valence-corrected chi connectivity index (χ2v) is 5.62. The second kappa shape index (κ2) is 6.85. The first kappa shape index (κ1) is 14.3. The highest BCUT2D eigenvalue weighted by Crippen LogP contribution is 2.31. The van der Waals surface area contributed by atoms with Gasteiger partial charge in [-0.25, -0.2) is 4.98 Å². The van der Waals surface area contributed by atoms with E-state index in [2.05, 4.69) is 29.1 Å². The Morgan fingerprint density at radius 3 is 2.68 bits per heavy atom. The highest BCUT2D eigenvalue weighted by Gasteiger charge is 2.24. The first-order chi connectivity index (χ1) is 9.19. The van der Waals surface area contributed by atoms with E-state index in [-0.39, 0.29) is 0 Å². The van der Waals surface area contributed by atoms with Crippen LogP contribution in [0.2, 0.25) is 0 Å². The lowest BCUT2D eigenvalue weighted by Gasteiger charge is -2.31. The van der Waals surface area contributed by atoms with Crippen LogP contribution < -0.4 is 5.32 Å². The summed E-state index contributed by atoms with van der Waals surface area (Å²) in [6, 6.07) is 0. The van der Waals surface area contributed by atoms with Gasteiger partial charge in [0.05, 0.1) is 30.8 Å². The summed E-state index contributed by atoms with van der Waals surface area (Å²) >= 11 is 0. The summed E-state index contributed by atoms with van der Waals surface area (Å²) in [6.07, 6.45) is 7.58. The summed E-state index contributed by atoms with van der Waals surface area (Å²) in [5.41, 5.74) is 0.910. The van der Waals surface area contributed by atoms with Crippen molar-refractivity contribution in [3.8, 4) is 0 Å². The molecule has 0 spiro atoms. The summed E-state index contributed by atoms with van der Waals surface area (Å²) in [6.45, 7) is 8.15. The molecule has 1 saturated carbocycles. The zero-order valence-corrected chi connectivity index (χ0v) is 12.2. The Kier molecular flexibility index (Phi) is 5.14. The third-order valence-electron chi connectivity index (χ3n) is 4.08. The van der Waals surface area contributed by atoms with Crippen molar-refractivity contribution in [1.82, 2.24) is 9.97 Å². The minimum atomic E-state index is 0.390. The van der Waals surface area contributed by atoms with Gasteiger partial charge >= 0.3 is 0 Å². The Bertz CT molecular complexity index is 379. The monoisotopic (exact) mass is 263 g/mol. The van der Waals surface area contributed by atoms with E-state index >= 15 is 0 Å². The topological polar surface area (TPSA) is 47.0 Å². The summed E-state index contributed by atoms with van der Waals surface area (Å²) in [5, 5.41) is 3.14. The fourth-order valence-electron chi connectivity index (χ4n) is 2.55. The van der Waals surface area contributed by atoms with Crippen LogP contribution in [0, 0.1) is 11.8 Å². The van der Waals surface area contributed by atoms with Crippen molar-refractivity contribution in [3.63, 3.8) is 0 Å². The highest BCUT2D eigenvalue weighted by molar-refractivity contribution is 5.30.